The predicted octanol–water partition coefficient (Wildman–Crippen LogP) is 1.93. The molecule has 0 aliphatic rings. The molecule has 1 N–H and O–H groups in total. The molecule has 0 amide bonds. The molecule has 0 fully saturated rings. The molecule has 17 heavy (non-hydrogen) atoms. The summed E-state index contributed by atoms with van der Waals surface area (Å²) in [5, 5.41) is 10.8. The third kappa shape index (κ3) is 1.52. The number of fused-ring (bicyclic) bond motifs is 1. The summed E-state index contributed by atoms with van der Waals surface area (Å²) in [5.74, 6) is 0.0179. The number of hydrogen-bond donors (Lipinski definition) is 1. The molecular formula is C12H10N4O. The molecule has 0 aliphatic heterocycles. The van der Waals surface area contributed by atoms with Gasteiger partial charge in [0, 0.05) is 18.0 Å². The zero-order chi connectivity index (χ0) is 11.8. The minimum Gasteiger partial charge on any atom is -0.294 e. The SMILES string of the molecule is CC(=O)c1cnn2ccc(-c3cn[nH]c3)cc12. The molecule has 3 rings (SSSR count). The molecule has 0 bridgehead atoms. The van der Waals surface area contributed by atoms with Gasteiger partial charge in [-0.1, -0.05) is 0 Å². The van der Waals surface area contributed by atoms with Gasteiger partial charge >= 0.3 is 0 Å². The van der Waals surface area contributed by atoms with Crippen LogP contribution in [0.2, 0.25) is 0 Å². The molecule has 84 valence electrons. The number of Topliss-reactive ketones (excluding diaryl/α,β-unsaturated/α-hetero) is 1. The fourth-order valence-electron chi connectivity index (χ4n) is 1.84. The summed E-state index contributed by atoms with van der Waals surface area (Å²) in [6.07, 6.45) is 6.99. The summed E-state index contributed by atoms with van der Waals surface area (Å²) in [7, 11) is 0. The van der Waals surface area contributed by atoms with E-state index in [1.165, 1.54) is 0 Å². The number of H-pyrrole nitrogens is 1. The Kier molecular flexibility index (Phi) is 2.04. The highest BCUT2D eigenvalue weighted by Gasteiger charge is 2.09. The average Bonchev–Trinajstić information content (AvgIpc) is 2.97. The molecule has 3 aromatic rings. The van der Waals surface area contributed by atoms with Crippen LogP contribution in [0.1, 0.15) is 17.3 Å². The van der Waals surface area contributed by atoms with Crippen molar-refractivity contribution in [2.45, 2.75) is 6.92 Å². The second-order valence-corrected chi connectivity index (χ2v) is 3.85. The Balaban J connectivity index is 2.24. The van der Waals surface area contributed by atoms with Gasteiger partial charge in [0.1, 0.15) is 0 Å². The van der Waals surface area contributed by atoms with Gasteiger partial charge < -0.3 is 0 Å². The minimum atomic E-state index is 0.0179. The van der Waals surface area contributed by atoms with Crippen LogP contribution < -0.4 is 0 Å². The summed E-state index contributed by atoms with van der Waals surface area (Å²) in [5.41, 5.74) is 3.45. The maximum atomic E-state index is 11.4. The topological polar surface area (TPSA) is 63.1 Å². The van der Waals surface area contributed by atoms with Gasteiger partial charge in [-0.3, -0.25) is 9.89 Å². The zero-order valence-electron chi connectivity index (χ0n) is 9.21. The van der Waals surface area contributed by atoms with Crippen molar-refractivity contribution in [2.75, 3.05) is 0 Å². The van der Waals surface area contributed by atoms with E-state index in [1.54, 1.807) is 23.8 Å². The normalized spacial score (nSPS) is 10.9. The van der Waals surface area contributed by atoms with E-state index in [2.05, 4.69) is 15.3 Å². The Morgan fingerprint density at radius 3 is 2.94 bits per heavy atom. The lowest BCUT2D eigenvalue weighted by molar-refractivity contribution is 0.101. The molecule has 5 nitrogen and oxygen atoms in total. The van der Waals surface area contributed by atoms with E-state index in [1.807, 2.05) is 24.5 Å². The Morgan fingerprint density at radius 1 is 1.35 bits per heavy atom. The number of ketones is 1. The van der Waals surface area contributed by atoms with Crippen molar-refractivity contribution in [1.29, 1.82) is 0 Å². The highest BCUT2D eigenvalue weighted by Crippen LogP contribution is 2.21. The summed E-state index contributed by atoms with van der Waals surface area (Å²) in [4.78, 5) is 11.4. The maximum absolute atomic E-state index is 11.4. The van der Waals surface area contributed by atoms with Crippen molar-refractivity contribution in [3.05, 3.63) is 42.5 Å². The van der Waals surface area contributed by atoms with Crippen molar-refractivity contribution < 1.29 is 4.79 Å². The fourth-order valence-corrected chi connectivity index (χ4v) is 1.84. The summed E-state index contributed by atoms with van der Waals surface area (Å²) in [6, 6.07) is 3.88. The smallest absolute Gasteiger partial charge is 0.163 e. The van der Waals surface area contributed by atoms with Gasteiger partial charge in [0.05, 0.1) is 23.5 Å². The maximum Gasteiger partial charge on any atom is 0.163 e. The van der Waals surface area contributed by atoms with Crippen molar-refractivity contribution in [1.82, 2.24) is 19.8 Å². The van der Waals surface area contributed by atoms with Crippen LogP contribution in [0.15, 0.2) is 36.9 Å². The Bertz CT molecular complexity index is 682. The summed E-state index contributed by atoms with van der Waals surface area (Å²) >= 11 is 0. The van der Waals surface area contributed by atoms with Crippen molar-refractivity contribution in [3.8, 4) is 11.1 Å². The Labute approximate surface area is 97.1 Å². The van der Waals surface area contributed by atoms with Gasteiger partial charge in [-0.15, -0.1) is 0 Å². The van der Waals surface area contributed by atoms with Crippen LogP contribution in [0.25, 0.3) is 16.6 Å². The molecule has 0 aliphatic carbocycles. The van der Waals surface area contributed by atoms with Crippen LogP contribution in [-0.4, -0.2) is 25.6 Å². The first-order valence-corrected chi connectivity index (χ1v) is 5.23. The molecule has 0 unspecified atom stereocenters. The second-order valence-electron chi connectivity index (χ2n) is 3.85. The van der Waals surface area contributed by atoms with Gasteiger partial charge in [0.25, 0.3) is 0 Å². The number of aromatic amines is 1. The lowest BCUT2D eigenvalue weighted by atomic mass is 10.1. The number of nitrogens with one attached hydrogen (secondary N) is 1. The molecule has 0 saturated carbocycles. The molecular weight excluding hydrogens is 216 g/mol. The first-order valence-electron chi connectivity index (χ1n) is 5.23. The molecule has 0 atom stereocenters. The summed E-state index contributed by atoms with van der Waals surface area (Å²) < 4.78 is 1.69. The molecule has 0 radical (unpaired) electrons. The quantitative estimate of drug-likeness (QED) is 0.679. The van der Waals surface area contributed by atoms with E-state index >= 15 is 0 Å². The number of rotatable bonds is 2. The third-order valence-corrected chi connectivity index (χ3v) is 2.73. The number of hydrogen-bond acceptors (Lipinski definition) is 3. The Morgan fingerprint density at radius 2 is 2.24 bits per heavy atom. The van der Waals surface area contributed by atoms with Crippen LogP contribution in [0.3, 0.4) is 0 Å². The van der Waals surface area contributed by atoms with E-state index in [-0.39, 0.29) is 5.78 Å². The van der Waals surface area contributed by atoms with Gasteiger partial charge in [0.2, 0.25) is 0 Å². The third-order valence-electron chi connectivity index (χ3n) is 2.73. The minimum absolute atomic E-state index is 0.0179. The highest BCUT2D eigenvalue weighted by molar-refractivity contribution is 6.01. The lowest BCUT2D eigenvalue weighted by Gasteiger charge is -1.99. The second kappa shape index (κ2) is 3.55. The van der Waals surface area contributed by atoms with Crippen molar-refractivity contribution in [3.63, 3.8) is 0 Å². The molecule has 0 spiro atoms. The predicted molar refractivity (Wildman–Crippen MR) is 62.8 cm³/mol. The Hall–Kier alpha value is -2.43. The highest BCUT2D eigenvalue weighted by atomic mass is 16.1. The zero-order valence-corrected chi connectivity index (χ0v) is 9.21. The van der Waals surface area contributed by atoms with Crippen molar-refractivity contribution in [2.24, 2.45) is 0 Å². The molecule has 3 heterocycles. The van der Waals surface area contributed by atoms with E-state index in [0.29, 0.717) is 5.56 Å². The molecule has 5 heteroatoms. The molecule has 0 aromatic carbocycles. The largest absolute Gasteiger partial charge is 0.294 e. The van der Waals surface area contributed by atoms with E-state index in [9.17, 15) is 4.79 Å². The van der Waals surface area contributed by atoms with Crippen LogP contribution >= 0.6 is 0 Å². The number of nitrogens with zero attached hydrogens (tertiary/aromatic N) is 3. The van der Waals surface area contributed by atoms with Crippen LogP contribution in [0, 0.1) is 0 Å². The number of carbonyl (C=O) groups excluding carboxylic acids is 1. The summed E-state index contributed by atoms with van der Waals surface area (Å²) in [6.45, 7) is 1.54. The first kappa shape index (κ1) is 9.77. The number of aromatic nitrogens is 4. The van der Waals surface area contributed by atoms with Gasteiger partial charge in [0.15, 0.2) is 5.78 Å². The van der Waals surface area contributed by atoms with Crippen molar-refractivity contribution >= 4 is 11.3 Å². The van der Waals surface area contributed by atoms with Crippen LogP contribution in [-0.2, 0) is 0 Å². The average molecular weight is 226 g/mol. The first-order chi connectivity index (χ1) is 8.25. The number of carbonyl (C=O) groups is 1. The van der Waals surface area contributed by atoms with Gasteiger partial charge in [-0.2, -0.15) is 10.2 Å². The van der Waals surface area contributed by atoms with E-state index < -0.39 is 0 Å². The fraction of sp³-hybridized carbons (Fsp3) is 0.0833. The lowest BCUT2D eigenvalue weighted by Crippen LogP contribution is -1.92. The molecule has 0 saturated heterocycles. The van der Waals surface area contributed by atoms with E-state index in [0.717, 1.165) is 16.6 Å². The standard InChI is InChI=1S/C12H10N4O/c1-8(17)11-7-15-16-3-2-9(4-12(11)16)10-5-13-14-6-10/h2-7H,1H3,(H,13,14). The van der Waals surface area contributed by atoms with Crippen LogP contribution in [0.5, 0.6) is 0 Å². The van der Waals surface area contributed by atoms with E-state index in [4.69, 9.17) is 0 Å². The monoisotopic (exact) mass is 226 g/mol. The number of pyridine rings is 1. The van der Waals surface area contributed by atoms with Crippen LogP contribution in [0.4, 0.5) is 0 Å². The van der Waals surface area contributed by atoms with Gasteiger partial charge in [-0.25, -0.2) is 4.52 Å². The molecule has 3 aromatic heterocycles. The van der Waals surface area contributed by atoms with Gasteiger partial charge in [-0.05, 0) is 24.6 Å².